The van der Waals surface area contributed by atoms with Gasteiger partial charge in [-0.3, -0.25) is 0 Å². The number of aromatic nitrogens is 1. The Hall–Kier alpha value is -1.58. The van der Waals surface area contributed by atoms with Crippen molar-refractivity contribution in [2.45, 2.75) is 32.3 Å². The Morgan fingerprint density at radius 2 is 1.80 bits per heavy atom. The first-order valence-electron chi connectivity index (χ1n) is 6.48. The fourth-order valence-electron chi connectivity index (χ4n) is 2.03. The number of aliphatic hydroxyl groups is 1. The number of nitrogens with zero attached hydrogens (tertiary/aromatic N) is 1. The quantitative estimate of drug-likeness (QED) is 0.886. The summed E-state index contributed by atoms with van der Waals surface area (Å²) in [4.78, 5) is 3.97. The number of halogens is 1. The Labute approximate surface area is 124 Å². The molecule has 20 heavy (non-hydrogen) atoms. The molecule has 4 heteroatoms. The van der Waals surface area contributed by atoms with Gasteiger partial charge in [0.2, 0.25) is 0 Å². The molecule has 0 aliphatic rings. The van der Waals surface area contributed by atoms with Crippen LogP contribution in [0, 0.1) is 0 Å². The van der Waals surface area contributed by atoms with Gasteiger partial charge in [0.15, 0.2) is 0 Å². The Balaban J connectivity index is 2.34. The molecule has 3 nitrogen and oxygen atoms in total. The lowest BCUT2D eigenvalue weighted by Crippen LogP contribution is -2.11. The van der Waals surface area contributed by atoms with Crippen LogP contribution in [0.4, 0.5) is 5.82 Å². The average Bonchev–Trinajstić information content (AvgIpc) is 2.40. The second-order valence-electron chi connectivity index (χ2n) is 5.90. The van der Waals surface area contributed by atoms with Gasteiger partial charge in [0.05, 0.1) is 5.02 Å². The number of anilines is 1. The van der Waals surface area contributed by atoms with Crippen molar-refractivity contribution in [3.63, 3.8) is 0 Å². The van der Waals surface area contributed by atoms with Crippen LogP contribution in [0.3, 0.4) is 0 Å². The molecule has 0 saturated carbocycles. The van der Waals surface area contributed by atoms with E-state index in [9.17, 15) is 5.11 Å². The number of pyridine rings is 1. The zero-order valence-electron chi connectivity index (χ0n) is 11.9. The van der Waals surface area contributed by atoms with E-state index in [-0.39, 0.29) is 5.41 Å². The lowest BCUT2D eigenvalue weighted by molar-refractivity contribution is 0.220. The fraction of sp³-hybridized carbons (Fsp3) is 0.312. The molecule has 1 atom stereocenters. The molecule has 0 aliphatic heterocycles. The van der Waals surface area contributed by atoms with E-state index < -0.39 is 6.10 Å². The number of nitrogen functional groups attached to an aromatic ring is 1. The highest BCUT2D eigenvalue weighted by atomic mass is 35.5. The highest BCUT2D eigenvalue weighted by molar-refractivity contribution is 6.30. The first-order chi connectivity index (χ1) is 9.29. The van der Waals surface area contributed by atoms with Crippen LogP contribution in [0.15, 0.2) is 36.5 Å². The summed E-state index contributed by atoms with van der Waals surface area (Å²) in [5, 5.41) is 10.9. The molecule has 0 saturated heterocycles. The third-order valence-electron chi connectivity index (χ3n) is 3.30. The lowest BCUT2D eigenvalue weighted by Gasteiger charge is -2.20. The number of nitrogens with two attached hydrogens (primary N) is 1. The normalized spacial score (nSPS) is 13.2. The van der Waals surface area contributed by atoms with E-state index >= 15 is 0 Å². The summed E-state index contributed by atoms with van der Waals surface area (Å²) >= 11 is 5.90. The second-order valence-corrected chi connectivity index (χ2v) is 6.34. The Morgan fingerprint density at radius 1 is 1.20 bits per heavy atom. The van der Waals surface area contributed by atoms with Crippen LogP contribution in [-0.2, 0) is 5.41 Å². The van der Waals surface area contributed by atoms with Crippen molar-refractivity contribution in [3.05, 3.63) is 58.2 Å². The molecule has 1 unspecified atom stereocenters. The smallest absolute Gasteiger partial charge is 0.129 e. The van der Waals surface area contributed by atoms with Gasteiger partial charge in [0.25, 0.3) is 0 Å². The summed E-state index contributed by atoms with van der Waals surface area (Å²) in [7, 11) is 0. The molecular formula is C16H19ClN2O. The van der Waals surface area contributed by atoms with Gasteiger partial charge in [-0.1, -0.05) is 56.6 Å². The Bertz CT molecular complexity index is 603. The van der Waals surface area contributed by atoms with Crippen molar-refractivity contribution in [1.29, 1.82) is 0 Å². The molecule has 1 aromatic carbocycles. The summed E-state index contributed by atoms with van der Waals surface area (Å²) in [5.74, 6) is 0.293. The third kappa shape index (κ3) is 3.11. The number of benzene rings is 1. The van der Waals surface area contributed by atoms with Crippen LogP contribution < -0.4 is 5.73 Å². The van der Waals surface area contributed by atoms with Crippen LogP contribution in [0.1, 0.15) is 43.6 Å². The lowest BCUT2D eigenvalue weighted by atomic mass is 9.86. The van der Waals surface area contributed by atoms with Crippen molar-refractivity contribution < 1.29 is 5.11 Å². The maximum atomic E-state index is 10.4. The van der Waals surface area contributed by atoms with E-state index in [1.165, 1.54) is 11.8 Å². The van der Waals surface area contributed by atoms with Crippen LogP contribution in [0.2, 0.25) is 5.02 Å². The Morgan fingerprint density at radius 3 is 2.35 bits per heavy atom. The summed E-state index contributed by atoms with van der Waals surface area (Å²) in [5.41, 5.74) is 8.39. The van der Waals surface area contributed by atoms with E-state index in [4.69, 9.17) is 17.3 Å². The summed E-state index contributed by atoms with van der Waals surface area (Å²) in [6.07, 6.45) is 0.644. The highest BCUT2D eigenvalue weighted by Gasteiger charge is 2.17. The van der Waals surface area contributed by atoms with E-state index in [2.05, 4.69) is 25.8 Å². The second kappa shape index (κ2) is 5.43. The molecule has 1 heterocycles. The van der Waals surface area contributed by atoms with E-state index in [1.54, 1.807) is 6.07 Å². The number of hydrogen-bond acceptors (Lipinski definition) is 3. The topological polar surface area (TPSA) is 59.1 Å². The van der Waals surface area contributed by atoms with Crippen molar-refractivity contribution in [1.82, 2.24) is 4.98 Å². The van der Waals surface area contributed by atoms with Crippen LogP contribution >= 0.6 is 11.6 Å². The summed E-state index contributed by atoms with van der Waals surface area (Å²) in [6, 6.07) is 9.50. The molecule has 0 amide bonds. The molecule has 0 aliphatic carbocycles. The minimum atomic E-state index is -0.824. The fourth-order valence-corrected chi connectivity index (χ4v) is 2.20. The number of hydrogen-bond donors (Lipinski definition) is 2. The van der Waals surface area contributed by atoms with Gasteiger partial charge >= 0.3 is 0 Å². The van der Waals surface area contributed by atoms with Crippen molar-refractivity contribution in [2.75, 3.05) is 5.73 Å². The van der Waals surface area contributed by atoms with Gasteiger partial charge in [0, 0.05) is 11.8 Å². The minimum Gasteiger partial charge on any atom is -0.384 e. The van der Waals surface area contributed by atoms with Crippen molar-refractivity contribution in [2.24, 2.45) is 0 Å². The highest BCUT2D eigenvalue weighted by Crippen LogP contribution is 2.29. The van der Waals surface area contributed by atoms with Gasteiger partial charge in [0.1, 0.15) is 11.9 Å². The zero-order valence-corrected chi connectivity index (χ0v) is 12.6. The van der Waals surface area contributed by atoms with Crippen molar-refractivity contribution >= 4 is 17.4 Å². The minimum absolute atomic E-state index is 0.0835. The van der Waals surface area contributed by atoms with Gasteiger partial charge < -0.3 is 10.8 Å². The SMILES string of the molecule is CC(C)(C)c1ccc(C(O)c2cc(Cl)cnc2N)cc1. The summed E-state index contributed by atoms with van der Waals surface area (Å²) in [6.45, 7) is 6.45. The molecular weight excluding hydrogens is 272 g/mol. The first kappa shape index (κ1) is 14.8. The molecule has 0 fully saturated rings. The molecule has 0 bridgehead atoms. The molecule has 0 radical (unpaired) electrons. The monoisotopic (exact) mass is 290 g/mol. The van der Waals surface area contributed by atoms with Gasteiger partial charge in [-0.25, -0.2) is 4.98 Å². The molecule has 1 aromatic heterocycles. The first-order valence-corrected chi connectivity index (χ1v) is 6.86. The van der Waals surface area contributed by atoms with Gasteiger partial charge in [-0.15, -0.1) is 0 Å². The standard InChI is InChI=1S/C16H19ClN2O/c1-16(2,3)11-6-4-10(5-7-11)14(20)13-8-12(17)9-19-15(13)18/h4-9,14,20H,1-3H3,(H2,18,19). The predicted molar refractivity (Wildman–Crippen MR) is 82.9 cm³/mol. The summed E-state index contributed by atoms with van der Waals surface area (Å²) < 4.78 is 0. The van der Waals surface area contributed by atoms with Gasteiger partial charge in [-0.05, 0) is 22.6 Å². The maximum absolute atomic E-state index is 10.4. The van der Waals surface area contributed by atoms with Crippen LogP contribution in [0.25, 0.3) is 0 Å². The Kier molecular flexibility index (Phi) is 4.02. The van der Waals surface area contributed by atoms with Crippen LogP contribution in [-0.4, -0.2) is 10.1 Å². The van der Waals surface area contributed by atoms with Crippen molar-refractivity contribution in [3.8, 4) is 0 Å². The van der Waals surface area contributed by atoms with E-state index in [0.29, 0.717) is 16.4 Å². The van der Waals surface area contributed by atoms with E-state index in [0.717, 1.165) is 5.56 Å². The molecule has 106 valence electrons. The number of aliphatic hydroxyl groups excluding tert-OH is 1. The third-order valence-corrected chi connectivity index (χ3v) is 3.51. The molecule has 2 aromatic rings. The average molecular weight is 291 g/mol. The van der Waals surface area contributed by atoms with E-state index in [1.807, 2.05) is 24.3 Å². The largest absolute Gasteiger partial charge is 0.384 e. The van der Waals surface area contributed by atoms with Gasteiger partial charge in [-0.2, -0.15) is 0 Å². The number of rotatable bonds is 2. The molecule has 3 N–H and O–H groups in total. The maximum Gasteiger partial charge on any atom is 0.129 e. The molecule has 0 spiro atoms. The van der Waals surface area contributed by atoms with Crippen LogP contribution in [0.5, 0.6) is 0 Å². The molecule has 2 rings (SSSR count). The predicted octanol–water partition coefficient (Wildman–Crippen LogP) is 3.70. The zero-order chi connectivity index (χ0) is 14.9.